The molecule has 17 heavy (non-hydrogen) atoms. The van der Waals surface area contributed by atoms with Crippen molar-refractivity contribution in [3.05, 3.63) is 5.82 Å². The molecule has 1 aromatic heterocycles. The summed E-state index contributed by atoms with van der Waals surface area (Å²) in [5, 5.41) is 8.80. The number of aromatic nitrogens is 3. The molecule has 1 aliphatic heterocycles. The van der Waals surface area contributed by atoms with E-state index in [0.29, 0.717) is 0 Å². The van der Waals surface area contributed by atoms with Crippen LogP contribution in [0.15, 0.2) is 5.16 Å². The predicted octanol–water partition coefficient (Wildman–Crippen LogP) is 0.343. The number of ether oxygens (including phenoxy) is 1. The largest absolute Gasteiger partial charge is 0.376 e. The number of primary amides is 1. The Bertz CT molecular complexity index is 401. The van der Waals surface area contributed by atoms with E-state index in [1.807, 2.05) is 11.5 Å². The first-order valence-electron chi connectivity index (χ1n) is 5.59. The van der Waals surface area contributed by atoms with Crippen molar-refractivity contribution in [2.45, 2.75) is 37.6 Å². The van der Waals surface area contributed by atoms with Crippen molar-refractivity contribution < 1.29 is 9.53 Å². The molecule has 1 aromatic rings. The highest BCUT2D eigenvalue weighted by Crippen LogP contribution is 2.20. The van der Waals surface area contributed by atoms with Crippen molar-refractivity contribution in [1.29, 1.82) is 0 Å². The smallest absolute Gasteiger partial charge is 0.227 e. The maximum atomic E-state index is 10.8. The molecule has 1 saturated heterocycles. The first kappa shape index (κ1) is 12.4. The summed E-state index contributed by atoms with van der Waals surface area (Å²) in [4.78, 5) is 10.8. The van der Waals surface area contributed by atoms with Crippen LogP contribution < -0.4 is 5.73 Å². The van der Waals surface area contributed by atoms with Crippen LogP contribution in [-0.4, -0.2) is 39.1 Å². The zero-order valence-electron chi connectivity index (χ0n) is 9.76. The Balaban J connectivity index is 2.03. The number of rotatable bonds is 5. The molecule has 94 valence electrons. The van der Waals surface area contributed by atoms with Gasteiger partial charge in [0.2, 0.25) is 5.91 Å². The van der Waals surface area contributed by atoms with E-state index >= 15 is 0 Å². The summed E-state index contributed by atoms with van der Waals surface area (Å²) in [6, 6.07) is 0. The van der Waals surface area contributed by atoms with Crippen molar-refractivity contribution in [2.75, 3.05) is 12.4 Å². The van der Waals surface area contributed by atoms with Crippen LogP contribution in [0.1, 0.15) is 18.7 Å². The summed E-state index contributed by atoms with van der Waals surface area (Å²) in [7, 11) is 0. The number of hydrogen-bond donors (Lipinski definition) is 1. The van der Waals surface area contributed by atoms with Gasteiger partial charge in [-0.2, -0.15) is 0 Å². The number of nitrogens with zero attached hydrogens (tertiary/aromatic N) is 3. The average molecular weight is 256 g/mol. The van der Waals surface area contributed by atoms with Crippen LogP contribution in [0.5, 0.6) is 0 Å². The summed E-state index contributed by atoms with van der Waals surface area (Å²) >= 11 is 1.32. The van der Waals surface area contributed by atoms with E-state index in [-0.39, 0.29) is 17.8 Å². The Morgan fingerprint density at radius 2 is 2.47 bits per heavy atom. The summed E-state index contributed by atoms with van der Waals surface area (Å²) in [6.45, 7) is 3.48. The van der Waals surface area contributed by atoms with Gasteiger partial charge in [-0.1, -0.05) is 11.8 Å². The minimum atomic E-state index is -0.348. The van der Waals surface area contributed by atoms with E-state index in [1.54, 1.807) is 0 Å². The minimum absolute atomic E-state index is 0.226. The molecule has 0 radical (unpaired) electrons. The molecule has 0 unspecified atom stereocenters. The molecule has 2 N–H and O–H groups in total. The highest BCUT2D eigenvalue weighted by atomic mass is 32.2. The predicted molar refractivity (Wildman–Crippen MR) is 63.7 cm³/mol. The Hall–Kier alpha value is -1.08. The van der Waals surface area contributed by atoms with Gasteiger partial charge in [0.05, 0.1) is 18.4 Å². The van der Waals surface area contributed by atoms with Crippen molar-refractivity contribution >= 4 is 17.7 Å². The molecule has 1 aliphatic rings. The van der Waals surface area contributed by atoms with Crippen LogP contribution in [0, 0.1) is 6.92 Å². The lowest BCUT2D eigenvalue weighted by Crippen LogP contribution is -2.18. The van der Waals surface area contributed by atoms with Crippen molar-refractivity contribution in [1.82, 2.24) is 14.8 Å². The van der Waals surface area contributed by atoms with Gasteiger partial charge in [0.15, 0.2) is 5.16 Å². The molecule has 0 spiro atoms. The van der Waals surface area contributed by atoms with Crippen molar-refractivity contribution in [2.24, 2.45) is 5.73 Å². The van der Waals surface area contributed by atoms with Crippen molar-refractivity contribution in [3.63, 3.8) is 0 Å². The lowest BCUT2D eigenvalue weighted by molar-refractivity contribution is -0.115. The third-order valence-electron chi connectivity index (χ3n) is 2.66. The zero-order chi connectivity index (χ0) is 12.3. The summed E-state index contributed by atoms with van der Waals surface area (Å²) in [6.07, 6.45) is 2.41. The molecule has 7 heteroatoms. The topological polar surface area (TPSA) is 83.0 Å². The first-order chi connectivity index (χ1) is 8.16. The summed E-state index contributed by atoms with van der Waals surface area (Å²) in [5.41, 5.74) is 5.12. The van der Waals surface area contributed by atoms with Crippen molar-refractivity contribution in [3.8, 4) is 0 Å². The maximum Gasteiger partial charge on any atom is 0.227 e. The van der Waals surface area contributed by atoms with Gasteiger partial charge >= 0.3 is 0 Å². The first-order valence-corrected chi connectivity index (χ1v) is 6.58. The molecule has 1 atom stereocenters. The number of thioether (sulfide) groups is 1. The number of aryl methyl sites for hydroxylation is 1. The molecule has 6 nitrogen and oxygen atoms in total. The second kappa shape index (κ2) is 5.50. The van der Waals surface area contributed by atoms with Crippen LogP contribution >= 0.6 is 11.8 Å². The molecular weight excluding hydrogens is 240 g/mol. The van der Waals surface area contributed by atoms with Gasteiger partial charge in [0.1, 0.15) is 5.82 Å². The van der Waals surface area contributed by atoms with Gasteiger partial charge in [0.25, 0.3) is 0 Å². The van der Waals surface area contributed by atoms with E-state index < -0.39 is 0 Å². The van der Waals surface area contributed by atoms with E-state index in [1.165, 1.54) is 11.8 Å². The van der Waals surface area contributed by atoms with Gasteiger partial charge in [-0.15, -0.1) is 10.2 Å². The second-order valence-corrected chi connectivity index (χ2v) is 4.97. The molecule has 1 fully saturated rings. The Kier molecular flexibility index (Phi) is 4.01. The second-order valence-electron chi connectivity index (χ2n) is 4.03. The lowest BCUT2D eigenvalue weighted by Gasteiger charge is -2.12. The molecule has 0 aliphatic carbocycles. The normalized spacial score (nSPS) is 19.7. The Morgan fingerprint density at radius 1 is 1.65 bits per heavy atom. The number of amides is 1. The van der Waals surface area contributed by atoms with Gasteiger partial charge in [0, 0.05) is 6.61 Å². The van der Waals surface area contributed by atoms with Crippen LogP contribution in [-0.2, 0) is 16.1 Å². The van der Waals surface area contributed by atoms with Gasteiger partial charge in [-0.05, 0) is 19.8 Å². The maximum absolute atomic E-state index is 10.8. The molecule has 2 heterocycles. The average Bonchev–Trinajstić information content (AvgIpc) is 2.89. The van der Waals surface area contributed by atoms with Crippen LogP contribution in [0.3, 0.4) is 0 Å². The monoisotopic (exact) mass is 256 g/mol. The van der Waals surface area contributed by atoms with Gasteiger partial charge in [-0.25, -0.2) is 0 Å². The van der Waals surface area contributed by atoms with Crippen LogP contribution in [0.4, 0.5) is 0 Å². The lowest BCUT2D eigenvalue weighted by atomic mass is 10.2. The number of carbonyl (C=O) groups excluding carboxylic acids is 1. The molecule has 1 amide bonds. The number of nitrogens with two attached hydrogens (primary N) is 1. The van der Waals surface area contributed by atoms with Crippen LogP contribution in [0.25, 0.3) is 0 Å². The molecule has 0 bridgehead atoms. The fourth-order valence-corrected chi connectivity index (χ4v) is 2.54. The quantitative estimate of drug-likeness (QED) is 0.768. The number of hydrogen-bond acceptors (Lipinski definition) is 5. The Labute approximate surface area is 104 Å². The third kappa shape index (κ3) is 3.19. The summed E-state index contributed by atoms with van der Waals surface area (Å²) < 4.78 is 7.57. The standard InChI is InChI=1S/C10H16N4O2S/c1-7-12-13-10(17-6-9(11)15)14(7)5-8-3-2-4-16-8/h8H,2-6H2,1H3,(H2,11,15)/t8-/m1/s1. The van der Waals surface area contributed by atoms with Gasteiger partial charge < -0.3 is 15.0 Å². The number of carbonyl (C=O) groups is 1. The minimum Gasteiger partial charge on any atom is -0.376 e. The van der Waals surface area contributed by atoms with Gasteiger partial charge in [-0.3, -0.25) is 4.79 Å². The molecule has 0 aromatic carbocycles. The van der Waals surface area contributed by atoms with Crippen LogP contribution in [0.2, 0.25) is 0 Å². The highest BCUT2D eigenvalue weighted by molar-refractivity contribution is 7.99. The third-order valence-corrected chi connectivity index (χ3v) is 3.64. The van der Waals surface area contributed by atoms with E-state index in [4.69, 9.17) is 10.5 Å². The zero-order valence-corrected chi connectivity index (χ0v) is 10.6. The molecule has 2 rings (SSSR count). The van der Waals surface area contributed by atoms with E-state index in [0.717, 1.165) is 37.0 Å². The fourth-order valence-electron chi connectivity index (χ4n) is 1.81. The van der Waals surface area contributed by atoms with E-state index in [2.05, 4.69) is 10.2 Å². The summed E-state index contributed by atoms with van der Waals surface area (Å²) in [5.74, 6) is 0.718. The highest BCUT2D eigenvalue weighted by Gasteiger charge is 2.19. The molecule has 0 saturated carbocycles. The molecular formula is C10H16N4O2S. The SMILES string of the molecule is Cc1nnc(SCC(N)=O)n1C[C@H]1CCCO1. The van der Waals surface area contributed by atoms with E-state index in [9.17, 15) is 4.79 Å². The Morgan fingerprint density at radius 3 is 3.12 bits per heavy atom. The fraction of sp³-hybridized carbons (Fsp3) is 0.700.